The van der Waals surface area contributed by atoms with Gasteiger partial charge in [0.1, 0.15) is 5.82 Å². The SMILES string of the molecule is CCCNC(=O)c1ccc(-c2cnc3c(NCC(C)(C)O)cc(Nc4cc(C)ccc4F)nn23)cc1C. The van der Waals surface area contributed by atoms with Gasteiger partial charge in [-0.25, -0.2) is 13.9 Å². The molecule has 0 spiro atoms. The van der Waals surface area contributed by atoms with Gasteiger partial charge in [-0.15, -0.1) is 5.10 Å². The third kappa shape index (κ3) is 6.06. The van der Waals surface area contributed by atoms with E-state index in [9.17, 15) is 14.3 Å². The molecule has 9 heteroatoms. The molecular formula is C28H33FN6O2. The molecule has 0 saturated heterocycles. The van der Waals surface area contributed by atoms with Crippen LogP contribution in [0.1, 0.15) is 48.7 Å². The predicted octanol–water partition coefficient (Wildman–Crippen LogP) is 5.22. The number of hydrogen-bond donors (Lipinski definition) is 4. The first kappa shape index (κ1) is 26.1. The Labute approximate surface area is 215 Å². The molecule has 2 aromatic carbocycles. The van der Waals surface area contributed by atoms with Crippen LogP contribution in [0.2, 0.25) is 0 Å². The molecular weight excluding hydrogens is 471 g/mol. The summed E-state index contributed by atoms with van der Waals surface area (Å²) in [6, 6.07) is 12.2. The second kappa shape index (κ2) is 10.6. The number of hydrogen-bond acceptors (Lipinski definition) is 6. The number of anilines is 3. The molecule has 0 bridgehead atoms. The van der Waals surface area contributed by atoms with Crippen LogP contribution in [0.4, 0.5) is 21.6 Å². The summed E-state index contributed by atoms with van der Waals surface area (Å²) in [7, 11) is 0. The highest BCUT2D eigenvalue weighted by molar-refractivity contribution is 5.96. The van der Waals surface area contributed by atoms with E-state index in [1.807, 2.05) is 32.9 Å². The predicted molar refractivity (Wildman–Crippen MR) is 145 cm³/mol. The fourth-order valence-corrected chi connectivity index (χ4v) is 3.95. The summed E-state index contributed by atoms with van der Waals surface area (Å²) in [6.07, 6.45) is 2.57. The van der Waals surface area contributed by atoms with Crippen molar-refractivity contribution in [2.75, 3.05) is 23.7 Å². The topological polar surface area (TPSA) is 104 Å². The first-order valence-corrected chi connectivity index (χ1v) is 12.3. The molecule has 194 valence electrons. The number of nitrogens with zero attached hydrogens (tertiary/aromatic N) is 3. The van der Waals surface area contributed by atoms with E-state index in [1.165, 1.54) is 6.07 Å². The third-order valence-corrected chi connectivity index (χ3v) is 5.87. The van der Waals surface area contributed by atoms with Gasteiger partial charge in [-0.3, -0.25) is 4.79 Å². The Balaban J connectivity index is 1.78. The largest absolute Gasteiger partial charge is 0.389 e. The summed E-state index contributed by atoms with van der Waals surface area (Å²) >= 11 is 0. The van der Waals surface area contributed by atoms with E-state index in [1.54, 1.807) is 48.8 Å². The number of halogens is 1. The van der Waals surface area contributed by atoms with E-state index in [0.717, 1.165) is 23.1 Å². The van der Waals surface area contributed by atoms with Gasteiger partial charge < -0.3 is 21.1 Å². The molecule has 0 aliphatic rings. The van der Waals surface area contributed by atoms with Crippen LogP contribution in [0.25, 0.3) is 16.9 Å². The molecule has 4 rings (SSSR count). The maximum atomic E-state index is 14.5. The van der Waals surface area contributed by atoms with Gasteiger partial charge in [-0.05, 0) is 69.5 Å². The van der Waals surface area contributed by atoms with Gasteiger partial charge in [0.2, 0.25) is 0 Å². The number of amides is 1. The summed E-state index contributed by atoms with van der Waals surface area (Å²) in [4.78, 5) is 17.1. The lowest BCUT2D eigenvalue weighted by atomic mass is 10.0. The van der Waals surface area contributed by atoms with E-state index in [4.69, 9.17) is 5.10 Å². The molecule has 0 aliphatic heterocycles. The van der Waals surface area contributed by atoms with Crippen molar-refractivity contribution in [1.82, 2.24) is 19.9 Å². The second-order valence-corrected chi connectivity index (χ2v) is 9.88. The third-order valence-electron chi connectivity index (χ3n) is 5.87. The minimum Gasteiger partial charge on any atom is -0.389 e. The first-order valence-electron chi connectivity index (χ1n) is 12.3. The lowest BCUT2D eigenvalue weighted by molar-refractivity contribution is 0.0941. The minimum absolute atomic E-state index is 0.105. The molecule has 2 aromatic heterocycles. The maximum Gasteiger partial charge on any atom is 0.251 e. The summed E-state index contributed by atoms with van der Waals surface area (Å²) in [5.41, 5.74) is 4.42. The van der Waals surface area contributed by atoms with Crippen molar-refractivity contribution in [3.05, 3.63) is 71.2 Å². The van der Waals surface area contributed by atoms with Gasteiger partial charge in [-0.1, -0.05) is 19.1 Å². The summed E-state index contributed by atoms with van der Waals surface area (Å²) < 4.78 is 16.2. The van der Waals surface area contributed by atoms with Gasteiger partial charge >= 0.3 is 0 Å². The molecule has 4 N–H and O–H groups in total. The van der Waals surface area contributed by atoms with Crippen LogP contribution < -0.4 is 16.0 Å². The van der Waals surface area contributed by atoms with Gasteiger partial charge in [0.05, 0.1) is 28.9 Å². The monoisotopic (exact) mass is 504 g/mol. The Morgan fingerprint density at radius 2 is 1.89 bits per heavy atom. The maximum absolute atomic E-state index is 14.5. The smallest absolute Gasteiger partial charge is 0.251 e. The number of nitrogens with one attached hydrogen (secondary N) is 3. The fraction of sp³-hybridized carbons (Fsp3) is 0.321. The molecule has 4 aromatic rings. The van der Waals surface area contributed by atoms with Crippen LogP contribution in [0.15, 0.2) is 48.7 Å². The average molecular weight is 505 g/mol. The molecule has 0 saturated carbocycles. The minimum atomic E-state index is -0.961. The van der Waals surface area contributed by atoms with E-state index < -0.39 is 11.4 Å². The van der Waals surface area contributed by atoms with Crippen LogP contribution >= 0.6 is 0 Å². The van der Waals surface area contributed by atoms with E-state index in [-0.39, 0.29) is 12.5 Å². The highest BCUT2D eigenvalue weighted by Gasteiger charge is 2.18. The van der Waals surface area contributed by atoms with Gasteiger partial charge in [-0.2, -0.15) is 0 Å². The molecule has 0 unspecified atom stereocenters. The Hall–Kier alpha value is -3.98. The Bertz CT molecular complexity index is 1440. The lowest BCUT2D eigenvalue weighted by Crippen LogP contribution is -2.29. The van der Waals surface area contributed by atoms with Crippen molar-refractivity contribution in [2.24, 2.45) is 0 Å². The van der Waals surface area contributed by atoms with E-state index in [2.05, 4.69) is 20.9 Å². The first-order chi connectivity index (χ1) is 17.6. The summed E-state index contributed by atoms with van der Waals surface area (Å²) in [5, 5.41) is 24.2. The number of aliphatic hydroxyl groups is 1. The van der Waals surface area contributed by atoms with Crippen molar-refractivity contribution in [3.8, 4) is 11.3 Å². The number of fused-ring (bicyclic) bond motifs is 1. The van der Waals surface area contributed by atoms with Gasteiger partial charge in [0, 0.05) is 30.3 Å². The molecule has 2 heterocycles. The molecule has 1 amide bonds. The normalized spacial score (nSPS) is 11.5. The van der Waals surface area contributed by atoms with E-state index in [0.29, 0.717) is 40.6 Å². The number of benzene rings is 2. The standard InChI is InChI=1S/C28H33FN6O2/c1-6-11-30-27(36)20-9-8-19(13-18(20)3)24-15-31-26-23(32-16-28(4,5)37)14-25(34-35(24)26)33-22-12-17(2)7-10-21(22)29/h7-10,12-15,32,37H,6,11,16H2,1-5H3,(H,30,36)(H,33,34). The van der Waals surface area contributed by atoms with Crippen molar-refractivity contribution in [2.45, 2.75) is 46.6 Å². The van der Waals surface area contributed by atoms with Crippen molar-refractivity contribution in [3.63, 3.8) is 0 Å². The number of rotatable bonds is 9. The van der Waals surface area contributed by atoms with Crippen LogP contribution in [-0.2, 0) is 0 Å². The fourth-order valence-electron chi connectivity index (χ4n) is 3.95. The number of imidazole rings is 1. The van der Waals surface area contributed by atoms with Crippen LogP contribution in [0, 0.1) is 19.7 Å². The van der Waals surface area contributed by atoms with Gasteiger partial charge in [0.15, 0.2) is 11.5 Å². The number of carbonyl (C=O) groups is 1. The second-order valence-electron chi connectivity index (χ2n) is 9.88. The molecule has 0 aliphatic carbocycles. The van der Waals surface area contributed by atoms with E-state index >= 15 is 0 Å². The summed E-state index contributed by atoms with van der Waals surface area (Å²) in [5.74, 6) is -0.0920. The Morgan fingerprint density at radius 1 is 1.11 bits per heavy atom. The summed E-state index contributed by atoms with van der Waals surface area (Å²) in [6.45, 7) is 10.1. The zero-order valence-corrected chi connectivity index (χ0v) is 21.8. The highest BCUT2D eigenvalue weighted by atomic mass is 19.1. The van der Waals surface area contributed by atoms with Crippen LogP contribution in [0.3, 0.4) is 0 Å². The lowest BCUT2D eigenvalue weighted by Gasteiger charge is -2.19. The molecule has 37 heavy (non-hydrogen) atoms. The Kier molecular flexibility index (Phi) is 7.45. The Morgan fingerprint density at radius 3 is 2.59 bits per heavy atom. The molecule has 8 nitrogen and oxygen atoms in total. The zero-order chi connectivity index (χ0) is 26.7. The number of carbonyl (C=O) groups excluding carboxylic acids is 1. The molecule has 0 fully saturated rings. The highest BCUT2D eigenvalue weighted by Crippen LogP contribution is 2.29. The van der Waals surface area contributed by atoms with Crippen molar-refractivity contribution < 1.29 is 14.3 Å². The van der Waals surface area contributed by atoms with Crippen LogP contribution in [-0.4, -0.2) is 44.3 Å². The average Bonchev–Trinajstić information content (AvgIpc) is 3.27. The molecule has 0 atom stereocenters. The van der Waals surface area contributed by atoms with Crippen molar-refractivity contribution >= 4 is 28.7 Å². The van der Waals surface area contributed by atoms with Crippen LogP contribution in [0.5, 0.6) is 0 Å². The zero-order valence-electron chi connectivity index (χ0n) is 21.8. The quantitative estimate of drug-likeness (QED) is 0.249. The number of aromatic nitrogens is 3. The van der Waals surface area contributed by atoms with Gasteiger partial charge in [0.25, 0.3) is 5.91 Å². The number of aryl methyl sites for hydroxylation is 2. The van der Waals surface area contributed by atoms with Crippen molar-refractivity contribution in [1.29, 1.82) is 0 Å². The molecule has 0 radical (unpaired) electrons.